The van der Waals surface area contributed by atoms with Crippen LogP contribution in [0.25, 0.3) is 11.1 Å². The Hall–Kier alpha value is -2.89. The van der Waals surface area contributed by atoms with Gasteiger partial charge in [-0.1, -0.05) is 30.3 Å². The Morgan fingerprint density at radius 3 is 2.60 bits per heavy atom. The number of hydrogen-bond donors (Lipinski definition) is 2. The van der Waals surface area contributed by atoms with E-state index in [0.29, 0.717) is 11.9 Å². The van der Waals surface area contributed by atoms with Crippen molar-refractivity contribution >= 4 is 11.8 Å². The number of H-pyrrole nitrogens is 1. The number of hydrogen-bond acceptors (Lipinski definition) is 5. The lowest BCUT2D eigenvalue weighted by Gasteiger charge is -2.32. The summed E-state index contributed by atoms with van der Waals surface area (Å²) in [6, 6.07) is 12.4. The van der Waals surface area contributed by atoms with Gasteiger partial charge in [-0.05, 0) is 25.3 Å². The van der Waals surface area contributed by atoms with Crippen molar-refractivity contribution in [3.8, 4) is 11.1 Å². The molecule has 0 aliphatic carbocycles. The van der Waals surface area contributed by atoms with Crippen molar-refractivity contribution in [1.82, 2.24) is 20.2 Å². The van der Waals surface area contributed by atoms with Gasteiger partial charge in [0.2, 0.25) is 5.95 Å². The first-order valence-electron chi connectivity index (χ1n) is 8.65. The van der Waals surface area contributed by atoms with E-state index in [-0.39, 0.29) is 0 Å². The predicted molar refractivity (Wildman–Crippen MR) is 99.4 cm³/mol. The van der Waals surface area contributed by atoms with Crippen molar-refractivity contribution in [2.24, 2.45) is 0 Å². The van der Waals surface area contributed by atoms with Crippen molar-refractivity contribution in [3.05, 3.63) is 54.0 Å². The van der Waals surface area contributed by atoms with Gasteiger partial charge in [0, 0.05) is 42.0 Å². The fraction of sp³-hybridized carbons (Fsp3) is 0.316. The molecule has 128 valence electrons. The first-order chi connectivity index (χ1) is 12.2. The van der Waals surface area contributed by atoms with Crippen LogP contribution < -0.4 is 10.6 Å². The van der Waals surface area contributed by atoms with E-state index in [1.165, 1.54) is 16.8 Å². The number of nitrogens with two attached hydrogens (primary N) is 1. The smallest absolute Gasteiger partial charge is 0.222 e. The molecule has 6 heteroatoms. The van der Waals surface area contributed by atoms with E-state index < -0.39 is 0 Å². The van der Waals surface area contributed by atoms with Crippen molar-refractivity contribution < 1.29 is 0 Å². The summed E-state index contributed by atoms with van der Waals surface area (Å²) >= 11 is 0. The minimum absolute atomic E-state index is 0.344. The highest BCUT2D eigenvalue weighted by Crippen LogP contribution is 2.34. The summed E-state index contributed by atoms with van der Waals surface area (Å²) in [7, 11) is 0. The fourth-order valence-electron chi connectivity index (χ4n) is 3.59. The predicted octanol–water partition coefficient (Wildman–Crippen LogP) is 3.14. The van der Waals surface area contributed by atoms with E-state index in [9.17, 15) is 0 Å². The molecule has 0 atom stereocenters. The number of aromatic amines is 1. The van der Waals surface area contributed by atoms with Gasteiger partial charge in [0.25, 0.3) is 0 Å². The Morgan fingerprint density at radius 2 is 1.88 bits per heavy atom. The van der Waals surface area contributed by atoms with E-state index in [1.54, 1.807) is 0 Å². The number of nitrogens with zero attached hydrogens (tertiary/aromatic N) is 4. The first-order valence-corrected chi connectivity index (χ1v) is 8.65. The van der Waals surface area contributed by atoms with Crippen LogP contribution in [0.5, 0.6) is 0 Å². The van der Waals surface area contributed by atoms with E-state index in [1.807, 2.05) is 25.3 Å². The summed E-state index contributed by atoms with van der Waals surface area (Å²) in [5, 5.41) is 7.53. The molecule has 0 bridgehead atoms. The molecule has 2 aromatic heterocycles. The van der Waals surface area contributed by atoms with Crippen LogP contribution in [0.1, 0.15) is 30.1 Å². The molecule has 3 heterocycles. The van der Waals surface area contributed by atoms with Gasteiger partial charge in [0.05, 0.1) is 6.20 Å². The highest BCUT2D eigenvalue weighted by molar-refractivity contribution is 5.65. The Balaban J connectivity index is 1.51. The lowest BCUT2D eigenvalue weighted by Crippen LogP contribution is -2.34. The molecule has 0 spiro atoms. The van der Waals surface area contributed by atoms with Gasteiger partial charge in [0.15, 0.2) is 0 Å². The van der Waals surface area contributed by atoms with Crippen molar-refractivity contribution in [1.29, 1.82) is 0 Å². The van der Waals surface area contributed by atoms with E-state index >= 15 is 0 Å². The summed E-state index contributed by atoms with van der Waals surface area (Å²) in [5.41, 5.74) is 10.4. The molecule has 0 saturated carbocycles. The monoisotopic (exact) mass is 334 g/mol. The normalized spacial score (nSPS) is 15.5. The first kappa shape index (κ1) is 15.6. The van der Waals surface area contributed by atoms with Gasteiger partial charge < -0.3 is 10.6 Å². The lowest BCUT2D eigenvalue weighted by atomic mass is 9.89. The van der Waals surface area contributed by atoms with Gasteiger partial charge in [-0.25, -0.2) is 4.98 Å². The molecule has 1 fully saturated rings. The van der Waals surface area contributed by atoms with Crippen LogP contribution in [-0.2, 0) is 0 Å². The maximum atomic E-state index is 5.79. The molecule has 6 nitrogen and oxygen atoms in total. The zero-order valence-corrected chi connectivity index (χ0v) is 14.3. The van der Waals surface area contributed by atoms with Crippen LogP contribution in [0.3, 0.4) is 0 Å². The molecule has 1 aromatic carbocycles. The van der Waals surface area contributed by atoms with Crippen LogP contribution in [0.4, 0.5) is 11.8 Å². The SMILES string of the molecule is Cc1cc(N2CCC(c3[nH]ncc3-c3ccccc3)CC2)nc(N)n1. The Kier molecular flexibility index (Phi) is 4.09. The molecule has 3 N–H and O–H groups in total. The average molecular weight is 334 g/mol. The molecular weight excluding hydrogens is 312 g/mol. The largest absolute Gasteiger partial charge is 0.368 e. The second kappa shape index (κ2) is 6.55. The van der Waals surface area contributed by atoms with Gasteiger partial charge in [0.1, 0.15) is 5.82 Å². The maximum absolute atomic E-state index is 5.79. The minimum Gasteiger partial charge on any atom is -0.368 e. The number of aromatic nitrogens is 4. The number of rotatable bonds is 3. The molecule has 1 saturated heterocycles. The summed E-state index contributed by atoms with van der Waals surface area (Å²) in [4.78, 5) is 10.8. The quantitative estimate of drug-likeness (QED) is 0.769. The lowest BCUT2D eigenvalue weighted by molar-refractivity contribution is 0.493. The third kappa shape index (κ3) is 3.20. The van der Waals surface area contributed by atoms with Crippen LogP contribution in [0.15, 0.2) is 42.6 Å². The highest BCUT2D eigenvalue weighted by atomic mass is 15.2. The maximum Gasteiger partial charge on any atom is 0.222 e. The third-order valence-corrected chi connectivity index (χ3v) is 4.84. The van der Waals surface area contributed by atoms with Gasteiger partial charge in [-0.2, -0.15) is 10.1 Å². The molecule has 0 unspecified atom stereocenters. The van der Waals surface area contributed by atoms with Crippen LogP contribution in [0, 0.1) is 6.92 Å². The molecule has 25 heavy (non-hydrogen) atoms. The Morgan fingerprint density at radius 1 is 1.12 bits per heavy atom. The minimum atomic E-state index is 0.344. The fourth-order valence-corrected chi connectivity index (χ4v) is 3.59. The molecule has 1 aliphatic rings. The van der Waals surface area contributed by atoms with Gasteiger partial charge in [-0.15, -0.1) is 0 Å². The third-order valence-electron chi connectivity index (χ3n) is 4.84. The number of aryl methyl sites for hydroxylation is 1. The number of anilines is 2. The zero-order valence-electron chi connectivity index (χ0n) is 14.3. The van der Waals surface area contributed by atoms with Crippen LogP contribution >= 0.6 is 0 Å². The molecule has 1 aliphatic heterocycles. The van der Waals surface area contributed by atoms with Crippen molar-refractivity contribution in [3.63, 3.8) is 0 Å². The second-order valence-electron chi connectivity index (χ2n) is 6.55. The van der Waals surface area contributed by atoms with E-state index in [4.69, 9.17) is 5.73 Å². The van der Waals surface area contributed by atoms with Crippen molar-refractivity contribution in [2.75, 3.05) is 23.7 Å². The Labute approximate surface area is 147 Å². The summed E-state index contributed by atoms with van der Waals surface area (Å²) < 4.78 is 0. The number of nitrogen functional groups attached to an aromatic ring is 1. The van der Waals surface area contributed by atoms with Crippen LogP contribution in [0.2, 0.25) is 0 Å². The topological polar surface area (TPSA) is 83.7 Å². The Bertz CT molecular complexity index is 829. The number of nitrogens with one attached hydrogen (secondary N) is 1. The van der Waals surface area contributed by atoms with E-state index in [0.717, 1.165) is 37.4 Å². The van der Waals surface area contributed by atoms with Crippen LogP contribution in [-0.4, -0.2) is 33.3 Å². The van der Waals surface area contributed by atoms with Gasteiger partial charge >= 0.3 is 0 Å². The number of piperidine rings is 1. The van der Waals surface area contributed by atoms with Crippen molar-refractivity contribution in [2.45, 2.75) is 25.7 Å². The van der Waals surface area contributed by atoms with E-state index in [2.05, 4.69) is 49.3 Å². The summed E-state index contributed by atoms with van der Waals surface area (Å²) in [6.07, 6.45) is 4.06. The second-order valence-corrected chi connectivity index (χ2v) is 6.55. The number of benzene rings is 1. The standard InChI is InChI=1S/C19H22N6/c1-13-11-17(23-19(20)22-13)25-9-7-15(8-10-25)18-16(12-21-24-18)14-5-3-2-4-6-14/h2-6,11-12,15H,7-10H2,1H3,(H,21,24)(H2,20,22,23). The average Bonchev–Trinajstić information content (AvgIpc) is 3.11. The van der Waals surface area contributed by atoms with Gasteiger partial charge in [-0.3, -0.25) is 5.10 Å². The molecule has 0 radical (unpaired) electrons. The molecular formula is C19H22N6. The highest BCUT2D eigenvalue weighted by Gasteiger charge is 2.25. The molecule has 4 rings (SSSR count). The molecule has 3 aromatic rings. The summed E-state index contributed by atoms with van der Waals surface area (Å²) in [6.45, 7) is 3.85. The summed E-state index contributed by atoms with van der Waals surface area (Å²) in [5.74, 6) is 1.75. The molecule has 0 amide bonds. The zero-order chi connectivity index (χ0) is 17.2.